The van der Waals surface area contributed by atoms with E-state index < -0.39 is 0 Å². The van der Waals surface area contributed by atoms with Crippen LogP contribution in [0.3, 0.4) is 0 Å². The number of anilines is 1. The Morgan fingerprint density at radius 1 is 1.07 bits per heavy atom. The molecule has 1 aromatic heterocycles. The largest absolute Gasteiger partial charge is 0.492 e. The maximum atomic E-state index is 12.6. The van der Waals surface area contributed by atoms with Crippen molar-refractivity contribution in [2.75, 3.05) is 32.6 Å². The molecule has 1 heterocycles. The van der Waals surface area contributed by atoms with Crippen LogP contribution in [0.2, 0.25) is 5.02 Å². The molecular weight excluding hydrogens is 402 g/mol. The van der Waals surface area contributed by atoms with Crippen LogP contribution in [0.25, 0.3) is 0 Å². The molecule has 7 heteroatoms. The molecule has 0 radical (unpaired) electrons. The highest BCUT2D eigenvalue weighted by Crippen LogP contribution is 2.17. The molecule has 0 saturated carbocycles. The number of pyridine rings is 1. The lowest BCUT2D eigenvalue weighted by Crippen LogP contribution is -2.22. The minimum Gasteiger partial charge on any atom is -0.492 e. The fraction of sp³-hybridized carbons (Fsp3) is 0.217. The van der Waals surface area contributed by atoms with Crippen molar-refractivity contribution in [1.82, 2.24) is 9.47 Å². The molecule has 0 aliphatic rings. The van der Waals surface area contributed by atoms with Crippen molar-refractivity contribution in [2.45, 2.75) is 6.54 Å². The molecule has 0 unspecified atom stereocenters. The molecule has 1 amide bonds. The van der Waals surface area contributed by atoms with Gasteiger partial charge in [0.1, 0.15) is 12.4 Å². The molecule has 0 spiro atoms. The third-order valence-corrected chi connectivity index (χ3v) is 4.83. The van der Waals surface area contributed by atoms with Crippen LogP contribution in [0.1, 0.15) is 15.9 Å². The van der Waals surface area contributed by atoms with Gasteiger partial charge in [0, 0.05) is 29.5 Å². The smallest absolute Gasteiger partial charge is 0.257 e. The van der Waals surface area contributed by atoms with E-state index in [4.69, 9.17) is 16.3 Å². The lowest BCUT2D eigenvalue weighted by molar-refractivity contribution is 0.102. The zero-order valence-electron chi connectivity index (χ0n) is 17.0. The van der Waals surface area contributed by atoms with E-state index in [9.17, 15) is 9.59 Å². The second kappa shape index (κ2) is 10.1. The van der Waals surface area contributed by atoms with Crippen molar-refractivity contribution >= 4 is 23.2 Å². The third kappa shape index (κ3) is 5.95. The quantitative estimate of drug-likeness (QED) is 0.597. The number of likely N-dealkylation sites (N-methyl/N-ethyl adjacent to an activating group) is 1. The van der Waals surface area contributed by atoms with Crippen LogP contribution < -0.4 is 15.6 Å². The molecule has 156 valence electrons. The summed E-state index contributed by atoms with van der Waals surface area (Å²) in [6.07, 6.45) is 1.54. The van der Waals surface area contributed by atoms with E-state index in [1.807, 2.05) is 49.3 Å². The topological polar surface area (TPSA) is 63.6 Å². The zero-order valence-corrected chi connectivity index (χ0v) is 17.7. The maximum absolute atomic E-state index is 12.6. The summed E-state index contributed by atoms with van der Waals surface area (Å²) in [7, 11) is 3.97. The first-order valence-electron chi connectivity index (χ1n) is 9.55. The van der Waals surface area contributed by atoms with E-state index in [1.54, 1.807) is 24.4 Å². The number of amides is 1. The number of nitrogens with one attached hydrogen (secondary N) is 1. The Kier molecular flexibility index (Phi) is 7.27. The number of carbonyl (C=O) groups is 1. The predicted molar refractivity (Wildman–Crippen MR) is 120 cm³/mol. The summed E-state index contributed by atoms with van der Waals surface area (Å²) in [6, 6.07) is 17.4. The summed E-state index contributed by atoms with van der Waals surface area (Å²) in [5, 5.41) is 3.41. The van der Waals surface area contributed by atoms with Gasteiger partial charge in [0.25, 0.3) is 11.5 Å². The highest BCUT2D eigenvalue weighted by molar-refractivity contribution is 6.31. The lowest BCUT2D eigenvalue weighted by atomic mass is 10.2. The van der Waals surface area contributed by atoms with E-state index in [2.05, 4.69) is 5.32 Å². The van der Waals surface area contributed by atoms with Gasteiger partial charge < -0.3 is 19.5 Å². The fourth-order valence-corrected chi connectivity index (χ4v) is 2.98. The number of hydrogen-bond acceptors (Lipinski definition) is 4. The number of benzene rings is 2. The maximum Gasteiger partial charge on any atom is 0.257 e. The number of nitrogens with zero attached hydrogens (tertiary/aromatic N) is 2. The van der Waals surface area contributed by atoms with Gasteiger partial charge in [0.05, 0.1) is 12.1 Å². The van der Waals surface area contributed by atoms with Crippen molar-refractivity contribution in [1.29, 1.82) is 0 Å². The monoisotopic (exact) mass is 425 g/mol. The normalized spacial score (nSPS) is 10.8. The van der Waals surface area contributed by atoms with Gasteiger partial charge in [-0.1, -0.05) is 29.8 Å². The van der Waals surface area contributed by atoms with E-state index in [0.717, 1.165) is 17.9 Å². The number of halogens is 1. The molecule has 0 atom stereocenters. The molecule has 0 fully saturated rings. The van der Waals surface area contributed by atoms with Gasteiger partial charge in [0.2, 0.25) is 0 Å². The Morgan fingerprint density at radius 2 is 1.80 bits per heavy atom. The standard InChI is InChI=1S/C23H24ClN3O3/c1-26(2)13-14-30-20-10-8-19(9-11-20)25-23(29)18-7-12-22(28)27(16-18)15-17-5-3-4-6-21(17)24/h3-12,16H,13-15H2,1-2H3,(H,25,29). The number of rotatable bonds is 8. The minimum absolute atomic E-state index is 0.203. The van der Waals surface area contributed by atoms with Gasteiger partial charge in [-0.25, -0.2) is 0 Å². The fourth-order valence-electron chi connectivity index (χ4n) is 2.78. The first kappa shape index (κ1) is 21.6. The number of aromatic nitrogens is 1. The van der Waals surface area contributed by atoms with Crippen LogP contribution in [-0.4, -0.2) is 42.6 Å². The predicted octanol–water partition coefficient (Wildman–Crippen LogP) is 3.74. The molecule has 0 aliphatic carbocycles. The summed E-state index contributed by atoms with van der Waals surface area (Å²) >= 11 is 6.19. The summed E-state index contributed by atoms with van der Waals surface area (Å²) in [5.41, 5.74) is 1.63. The van der Waals surface area contributed by atoms with Crippen LogP contribution in [0.4, 0.5) is 5.69 Å². The van der Waals surface area contributed by atoms with Crippen molar-refractivity contribution in [2.24, 2.45) is 0 Å². The Labute approximate surface area is 180 Å². The summed E-state index contributed by atoms with van der Waals surface area (Å²) < 4.78 is 7.12. The van der Waals surface area contributed by atoms with E-state index in [0.29, 0.717) is 29.4 Å². The average molecular weight is 426 g/mol. The number of ether oxygens (including phenoxy) is 1. The lowest BCUT2D eigenvalue weighted by Gasteiger charge is -2.12. The Bertz CT molecular complexity index is 1060. The zero-order chi connectivity index (χ0) is 21.5. The van der Waals surface area contributed by atoms with Crippen molar-refractivity contribution in [3.05, 3.63) is 93.4 Å². The van der Waals surface area contributed by atoms with Crippen molar-refractivity contribution < 1.29 is 9.53 Å². The molecule has 0 bridgehead atoms. The Morgan fingerprint density at radius 3 is 2.50 bits per heavy atom. The Balaban J connectivity index is 1.67. The van der Waals surface area contributed by atoms with Crippen molar-refractivity contribution in [3.8, 4) is 5.75 Å². The molecule has 1 N–H and O–H groups in total. The van der Waals surface area contributed by atoms with E-state index in [1.165, 1.54) is 16.7 Å². The van der Waals surface area contributed by atoms with Crippen LogP contribution >= 0.6 is 11.6 Å². The van der Waals surface area contributed by atoms with Gasteiger partial charge in [-0.3, -0.25) is 9.59 Å². The SMILES string of the molecule is CN(C)CCOc1ccc(NC(=O)c2ccc(=O)n(Cc3ccccc3Cl)c2)cc1. The van der Waals surface area contributed by atoms with E-state index >= 15 is 0 Å². The summed E-state index contributed by atoms with van der Waals surface area (Å²) in [4.78, 5) is 26.9. The van der Waals surface area contributed by atoms with Crippen molar-refractivity contribution in [3.63, 3.8) is 0 Å². The Hall–Kier alpha value is -3.09. The molecule has 0 aliphatic heterocycles. The van der Waals surface area contributed by atoms with Crippen LogP contribution in [0.15, 0.2) is 71.7 Å². The van der Waals surface area contributed by atoms with Gasteiger partial charge in [0.15, 0.2) is 0 Å². The average Bonchev–Trinajstić information content (AvgIpc) is 2.72. The van der Waals surface area contributed by atoms with Gasteiger partial charge in [-0.05, 0) is 56.1 Å². The van der Waals surface area contributed by atoms with Gasteiger partial charge >= 0.3 is 0 Å². The van der Waals surface area contributed by atoms with Crippen LogP contribution in [-0.2, 0) is 6.54 Å². The first-order valence-corrected chi connectivity index (χ1v) is 9.93. The molecule has 0 saturated heterocycles. The molecular formula is C23H24ClN3O3. The second-order valence-corrected chi connectivity index (χ2v) is 7.51. The number of carbonyl (C=O) groups excluding carboxylic acids is 1. The summed E-state index contributed by atoms with van der Waals surface area (Å²) in [6.45, 7) is 1.70. The van der Waals surface area contributed by atoms with Gasteiger partial charge in [-0.2, -0.15) is 0 Å². The summed E-state index contributed by atoms with van der Waals surface area (Å²) in [5.74, 6) is 0.437. The minimum atomic E-state index is -0.302. The van der Waals surface area contributed by atoms with Crippen LogP contribution in [0, 0.1) is 0 Å². The molecule has 3 rings (SSSR count). The molecule has 6 nitrogen and oxygen atoms in total. The first-order chi connectivity index (χ1) is 14.4. The van der Waals surface area contributed by atoms with Gasteiger partial charge in [-0.15, -0.1) is 0 Å². The third-order valence-electron chi connectivity index (χ3n) is 4.46. The second-order valence-electron chi connectivity index (χ2n) is 7.11. The molecule has 30 heavy (non-hydrogen) atoms. The van der Waals surface area contributed by atoms with Crippen LogP contribution in [0.5, 0.6) is 5.75 Å². The molecule has 3 aromatic rings. The molecule has 2 aromatic carbocycles. The number of hydrogen-bond donors (Lipinski definition) is 1. The van der Waals surface area contributed by atoms with E-state index in [-0.39, 0.29) is 11.5 Å². The highest BCUT2D eigenvalue weighted by Gasteiger charge is 2.10. The highest BCUT2D eigenvalue weighted by atomic mass is 35.5.